The van der Waals surface area contributed by atoms with Crippen LogP contribution in [-0.2, 0) is 17.8 Å². The maximum absolute atomic E-state index is 10.6. The summed E-state index contributed by atoms with van der Waals surface area (Å²) >= 11 is 17.8. The van der Waals surface area contributed by atoms with Gasteiger partial charge in [0.05, 0.1) is 21.5 Å². The van der Waals surface area contributed by atoms with Crippen LogP contribution in [0.5, 0.6) is 5.75 Å². The van der Waals surface area contributed by atoms with Crippen molar-refractivity contribution in [3.63, 3.8) is 0 Å². The van der Waals surface area contributed by atoms with Crippen molar-refractivity contribution in [1.29, 1.82) is 0 Å². The van der Waals surface area contributed by atoms with Gasteiger partial charge in [0.1, 0.15) is 12.4 Å². The third kappa shape index (κ3) is 4.53. The molecule has 0 aromatic heterocycles. The predicted octanol–water partition coefficient (Wildman–Crippen LogP) is 4.85. The Bertz CT molecular complexity index is 654. The van der Waals surface area contributed by atoms with E-state index < -0.39 is 5.97 Å². The smallest absolute Gasteiger partial charge is 0.307 e. The number of carbonyl (C=O) groups is 1. The van der Waals surface area contributed by atoms with E-state index in [1.807, 2.05) is 12.1 Å². The molecule has 0 atom stereocenters. The first-order chi connectivity index (χ1) is 9.95. The molecule has 0 fully saturated rings. The lowest BCUT2D eigenvalue weighted by Crippen LogP contribution is -2.01. The van der Waals surface area contributed by atoms with Crippen molar-refractivity contribution >= 4 is 40.8 Å². The highest BCUT2D eigenvalue weighted by Crippen LogP contribution is 2.34. The highest BCUT2D eigenvalue weighted by Gasteiger charge is 2.07. The molecule has 0 unspecified atom stereocenters. The molecule has 3 nitrogen and oxygen atoms in total. The molecule has 0 spiro atoms. The first kappa shape index (κ1) is 16.0. The molecule has 21 heavy (non-hydrogen) atoms. The van der Waals surface area contributed by atoms with Crippen molar-refractivity contribution in [3.05, 3.63) is 62.6 Å². The third-order valence-corrected chi connectivity index (χ3v) is 3.76. The fraction of sp³-hybridized carbons (Fsp3) is 0.133. The molecule has 0 amide bonds. The average molecular weight is 346 g/mol. The summed E-state index contributed by atoms with van der Waals surface area (Å²) in [6, 6.07) is 10.2. The second-order valence-electron chi connectivity index (χ2n) is 4.37. The van der Waals surface area contributed by atoms with Crippen molar-refractivity contribution in [2.45, 2.75) is 13.0 Å². The summed E-state index contributed by atoms with van der Waals surface area (Å²) in [6.45, 7) is 0.297. The second kappa shape index (κ2) is 7.03. The van der Waals surface area contributed by atoms with Crippen LogP contribution in [0, 0.1) is 0 Å². The van der Waals surface area contributed by atoms with Gasteiger partial charge in [-0.25, -0.2) is 0 Å². The van der Waals surface area contributed by atoms with E-state index in [0.29, 0.717) is 27.4 Å². The molecule has 0 saturated carbocycles. The Hall–Kier alpha value is -1.42. The molecule has 0 bridgehead atoms. The SMILES string of the molecule is O=C(O)Cc1ccc(COc2cc(Cl)c(Cl)cc2Cl)cc1. The Morgan fingerprint density at radius 1 is 0.952 bits per heavy atom. The van der Waals surface area contributed by atoms with Gasteiger partial charge >= 0.3 is 5.97 Å². The van der Waals surface area contributed by atoms with Gasteiger partial charge in [-0.3, -0.25) is 4.79 Å². The van der Waals surface area contributed by atoms with Gasteiger partial charge in [0, 0.05) is 6.07 Å². The van der Waals surface area contributed by atoms with Gasteiger partial charge in [0.25, 0.3) is 0 Å². The highest BCUT2D eigenvalue weighted by atomic mass is 35.5. The predicted molar refractivity (Wildman–Crippen MR) is 83.6 cm³/mol. The number of halogens is 3. The first-order valence-electron chi connectivity index (χ1n) is 6.02. The minimum Gasteiger partial charge on any atom is -0.487 e. The van der Waals surface area contributed by atoms with Crippen LogP contribution in [0.4, 0.5) is 0 Å². The van der Waals surface area contributed by atoms with Crippen molar-refractivity contribution in [2.75, 3.05) is 0 Å². The van der Waals surface area contributed by atoms with E-state index in [-0.39, 0.29) is 6.42 Å². The molecule has 0 radical (unpaired) electrons. The summed E-state index contributed by atoms with van der Waals surface area (Å²) in [4.78, 5) is 10.6. The summed E-state index contributed by atoms with van der Waals surface area (Å²) in [5.74, 6) is -0.415. The lowest BCUT2D eigenvalue weighted by molar-refractivity contribution is -0.136. The van der Waals surface area contributed by atoms with E-state index in [1.54, 1.807) is 18.2 Å². The summed E-state index contributed by atoms with van der Waals surface area (Å²) in [5.41, 5.74) is 1.63. The lowest BCUT2D eigenvalue weighted by atomic mass is 10.1. The van der Waals surface area contributed by atoms with Gasteiger partial charge in [-0.1, -0.05) is 59.1 Å². The molecule has 6 heteroatoms. The van der Waals surface area contributed by atoms with Crippen LogP contribution < -0.4 is 4.74 Å². The number of aliphatic carboxylic acids is 1. The average Bonchev–Trinajstić information content (AvgIpc) is 2.42. The van der Waals surface area contributed by atoms with Gasteiger partial charge in [-0.05, 0) is 17.2 Å². The topological polar surface area (TPSA) is 46.5 Å². The Balaban J connectivity index is 2.03. The maximum Gasteiger partial charge on any atom is 0.307 e. The van der Waals surface area contributed by atoms with Crippen molar-refractivity contribution < 1.29 is 14.6 Å². The Morgan fingerprint density at radius 3 is 2.14 bits per heavy atom. The number of benzene rings is 2. The molecule has 2 rings (SSSR count). The van der Waals surface area contributed by atoms with E-state index in [9.17, 15) is 4.79 Å². The molecular weight excluding hydrogens is 335 g/mol. The molecule has 0 aliphatic heterocycles. The zero-order chi connectivity index (χ0) is 15.4. The Kier molecular flexibility index (Phi) is 5.34. The Labute approximate surface area is 137 Å². The minimum absolute atomic E-state index is 0.000241. The summed E-state index contributed by atoms with van der Waals surface area (Å²) < 4.78 is 5.59. The molecule has 2 aromatic rings. The van der Waals surface area contributed by atoms with Crippen molar-refractivity contribution in [1.82, 2.24) is 0 Å². The van der Waals surface area contributed by atoms with Gasteiger partial charge < -0.3 is 9.84 Å². The zero-order valence-corrected chi connectivity index (χ0v) is 13.0. The van der Waals surface area contributed by atoms with E-state index >= 15 is 0 Å². The van der Waals surface area contributed by atoms with Crippen LogP contribution in [0.15, 0.2) is 36.4 Å². The van der Waals surface area contributed by atoms with Crippen LogP contribution in [0.1, 0.15) is 11.1 Å². The van der Waals surface area contributed by atoms with Crippen molar-refractivity contribution in [3.8, 4) is 5.75 Å². The van der Waals surface area contributed by atoms with Crippen LogP contribution in [-0.4, -0.2) is 11.1 Å². The molecule has 0 saturated heterocycles. The quantitative estimate of drug-likeness (QED) is 0.788. The van der Waals surface area contributed by atoms with Crippen LogP contribution in [0.2, 0.25) is 15.1 Å². The number of hydrogen-bond donors (Lipinski definition) is 1. The lowest BCUT2D eigenvalue weighted by Gasteiger charge is -2.09. The van der Waals surface area contributed by atoms with E-state index in [4.69, 9.17) is 44.6 Å². The summed E-state index contributed by atoms with van der Waals surface area (Å²) in [5, 5.41) is 9.82. The van der Waals surface area contributed by atoms with Gasteiger partial charge in [0.2, 0.25) is 0 Å². The Morgan fingerprint density at radius 2 is 1.52 bits per heavy atom. The maximum atomic E-state index is 10.6. The second-order valence-corrected chi connectivity index (χ2v) is 5.59. The van der Waals surface area contributed by atoms with Crippen molar-refractivity contribution in [2.24, 2.45) is 0 Å². The largest absolute Gasteiger partial charge is 0.487 e. The summed E-state index contributed by atoms with van der Waals surface area (Å²) in [6.07, 6.45) is -0.000241. The summed E-state index contributed by atoms with van der Waals surface area (Å²) in [7, 11) is 0. The van der Waals surface area contributed by atoms with Gasteiger partial charge in [-0.15, -0.1) is 0 Å². The van der Waals surface area contributed by atoms with Crippen LogP contribution in [0.25, 0.3) is 0 Å². The van der Waals surface area contributed by atoms with Crippen LogP contribution in [0.3, 0.4) is 0 Å². The fourth-order valence-corrected chi connectivity index (χ4v) is 2.30. The normalized spacial score (nSPS) is 10.4. The molecule has 0 aliphatic carbocycles. The highest BCUT2D eigenvalue weighted by molar-refractivity contribution is 6.43. The van der Waals surface area contributed by atoms with Gasteiger partial charge in [0.15, 0.2) is 0 Å². The fourth-order valence-electron chi connectivity index (χ4n) is 1.70. The molecule has 0 aliphatic rings. The number of rotatable bonds is 5. The third-order valence-electron chi connectivity index (χ3n) is 2.75. The molecule has 0 heterocycles. The number of hydrogen-bond acceptors (Lipinski definition) is 2. The number of carboxylic acid groups (broad SMARTS) is 1. The number of carboxylic acids is 1. The van der Waals surface area contributed by atoms with E-state index in [2.05, 4.69) is 0 Å². The molecule has 1 N–H and O–H groups in total. The number of ether oxygens (including phenoxy) is 1. The molecule has 110 valence electrons. The molecule has 2 aromatic carbocycles. The van der Waals surface area contributed by atoms with Crippen LogP contribution >= 0.6 is 34.8 Å². The van der Waals surface area contributed by atoms with E-state index in [1.165, 1.54) is 6.07 Å². The monoisotopic (exact) mass is 344 g/mol. The zero-order valence-electron chi connectivity index (χ0n) is 10.8. The first-order valence-corrected chi connectivity index (χ1v) is 7.16. The van der Waals surface area contributed by atoms with E-state index in [0.717, 1.165) is 11.1 Å². The minimum atomic E-state index is -0.860. The molecular formula is C15H11Cl3O3. The van der Waals surface area contributed by atoms with Gasteiger partial charge in [-0.2, -0.15) is 0 Å². The standard InChI is InChI=1S/C15H11Cl3O3/c16-11-6-13(18)14(7-12(11)17)21-8-10-3-1-9(2-4-10)5-15(19)20/h1-4,6-7H,5,8H2,(H,19,20).